The highest BCUT2D eigenvalue weighted by Crippen LogP contribution is 2.32. The van der Waals surface area contributed by atoms with E-state index < -0.39 is 29.5 Å². The first kappa shape index (κ1) is 31.2. The molecular weight excluding hydrogens is 673 g/mol. The standard InChI is InChI=1S/C36H24O9S3/c37-46(38)31-13-1-25(2-14-31)43-26-3-15-33(16-4-26)47(39,40)34-19-7-29(8-20-34)45-30-11-23-36(24-12-30)48(41,42)35-21-9-28(10-22-35)44-27-5-17-32(46)18-6-27/h1-24H. The van der Waals surface area contributed by atoms with E-state index >= 15 is 0 Å². The first-order valence-electron chi connectivity index (χ1n) is 14.4. The van der Waals surface area contributed by atoms with E-state index in [4.69, 9.17) is 14.2 Å². The Kier molecular flexibility index (Phi) is 7.78. The molecule has 0 saturated heterocycles. The van der Waals surface area contributed by atoms with Gasteiger partial charge in [0.1, 0.15) is 34.5 Å². The van der Waals surface area contributed by atoms with Gasteiger partial charge in [-0.05, 0) is 146 Å². The van der Waals surface area contributed by atoms with Gasteiger partial charge < -0.3 is 14.2 Å². The van der Waals surface area contributed by atoms with E-state index in [0.717, 1.165) is 0 Å². The van der Waals surface area contributed by atoms with Gasteiger partial charge in [-0.3, -0.25) is 0 Å². The van der Waals surface area contributed by atoms with Crippen molar-refractivity contribution in [2.45, 2.75) is 29.4 Å². The maximum absolute atomic E-state index is 13.3. The van der Waals surface area contributed by atoms with Crippen LogP contribution < -0.4 is 14.2 Å². The molecule has 6 aromatic carbocycles. The maximum atomic E-state index is 13.3. The number of ether oxygens (including phenoxy) is 3. The predicted molar refractivity (Wildman–Crippen MR) is 175 cm³/mol. The molecule has 0 saturated carbocycles. The summed E-state index contributed by atoms with van der Waals surface area (Å²) in [6.07, 6.45) is 0. The fourth-order valence-corrected chi connectivity index (χ4v) is 8.72. The average molecular weight is 697 g/mol. The summed E-state index contributed by atoms with van der Waals surface area (Å²) < 4.78 is 97.2. The van der Waals surface area contributed by atoms with Crippen LogP contribution >= 0.6 is 0 Å². The maximum Gasteiger partial charge on any atom is 0.206 e. The molecule has 6 aromatic rings. The van der Waals surface area contributed by atoms with Gasteiger partial charge in [-0.25, -0.2) is 25.3 Å². The molecule has 9 nitrogen and oxygen atoms in total. The van der Waals surface area contributed by atoms with Crippen LogP contribution in [-0.4, -0.2) is 25.3 Å². The van der Waals surface area contributed by atoms with Gasteiger partial charge in [-0.15, -0.1) is 0 Å². The summed E-state index contributed by atoms with van der Waals surface area (Å²) in [4.78, 5) is 0.292. The molecule has 10 aliphatic rings. The summed E-state index contributed by atoms with van der Waals surface area (Å²) in [5.41, 5.74) is 0. The van der Waals surface area contributed by atoms with Crippen LogP contribution in [0.5, 0.6) is 34.5 Å². The largest absolute Gasteiger partial charge is 0.457 e. The fraction of sp³-hybridized carbons (Fsp3) is 0. The SMILES string of the molecule is O=S1(=O)c2ccc(cc2)Oc2ccc(cc2)S(=O)(=O)c2ccc(cc2)Oc2ccc(cc2)S(=O)(=O)c2ccc(cc2)Oc2ccc1cc2. The lowest BCUT2D eigenvalue weighted by Crippen LogP contribution is -2.03. The third-order valence-corrected chi connectivity index (χ3v) is 12.9. The van der Waals surface area contributed by atoms with Crippen molar-refractivity contribution in [1.29, 1.82) is 0 Å². The number of hydrogen-bond donors (Lipinski definition) is 0. The molecular formula is C36H24O9S3. The van der Waals surface area contributed by atoms with Crippen molar-refractivity contribution in [2.24, 2.45) is 0 Å². The minimum Gasteiger partial charge on any atom is -0.457 e. The number of rotatable bonds is 0. The number of sulfone groups is 3. The van der Waals surface area contributed by atoms with Gasteiger partial charge >= 0.3 is 0 Å². The molecule has 48 heavy (non-hydrogen) atoms. The topological polar surface area (TPSA) is 130 Å². The molecule has 0 spiro atoms. The van der Waals surface area contributed by atoms with Crippen molar-refractivity contribution in [3.63, 3.8) is 0 Å². The van der Waals surface area contributed by atoms with E-state index in [-0.39, 0.29) is 29.4 Å². The van der Waals surface area contributed by atoms with Crippen LogP contribution in [0.25, 0.3) is 0 Å². The van der Waals surface area contributed by atoms with Crippen LogP contribution in [-0.2, 0) is 29.5 Å². The highest BCUT2D eigenvalue weighted by molar-refractivity contribution is 7.92. The lowest BCUT2D eigenvalue weighted by Gasteiger charge is -2.11. The highest BCUT2D eigenvalue weighted by Gasteiger charge is 2.21. The van der Waals surface area contributed by atoms with Crippen molar-refractivity contribution in [2.75, 3.05) is 0 Å². The van der Waals surface area contributed by atoms with Gasteiger partial charge in [-0.2, -0.15) is 0 Å². The van der Waals surface area contributed by atoms with Crippen LogP contribution in [0.2, 0.25) is 0 Å². The second-order valence-electron chi connectivity index (χ2n) is 10.6. The first-order chi connectivity index (χ1) is 23.0. The summed E-state index contributed by atoms with van der Waals surface area (Å²) >= 11 is 0. The van der Waals surface area contributed by atoms with E-state index in [1.165, 1.54) is 146 Å². The van der Waals surface area contributed by atoms with Gasteiger partial charge in [0.2, 0.25) is 29.5 Å². The molecule has 0 fully saturated rings. The zero-order chi connectivity index (χ0) is 33.5. The Bertz CT molecular complexity index is 2000. The van der Waals surface area contributed by atoms with Crippen LogP contribution in [0.3, 0.4) is 0 Å². The van der Waals surface area contributed by atoms with Gasteiger partial charge in [0.15, 0.2) is 0 Å². The summed E-state index contributed by atoms with van der Waals surface area (Å²) in [5, 5.41) is 0. The smallest absolute Gasteiger partial charge is 0.206 e. The lowest BCUT2D eigenvalue weighted by molar-refractivity contribution is 0.481. The second kappa shape index (κ2) is 12.0. The Morgan fingerprint density at radius 1 is 0.229 bits per heavy atom. The van der Waals surface area contributed by atoms with Crippen molar-refractivity contribution >= 4 is 29.5 Å². The molecule has 10 heterocycles. The van der Waals surface area contributed by atoms with Gasteiger partial charge in [0.25, 0.3) is 0 Å². The van der Waals surface area contributed by atoms with E-state index in [1.807, 2.05) is 0 Å². The first-order valence-corrected chi connectivity index (χ1v) is 18.8. The quantitative estimate of drug-likeness (QED) is 0.155. The van der Waals surface area contributed by atoms with E-state index in [0.29, 0.717) is 34.5 Å². The van der Waals surface area contributed by atoms with Gasteiger partial charge in [0.05, 0.1) is 29.4 Å². The molecule has 240 valence electrons. The normalized spacial score (nSPS) is 15.8. The molecule has 0 N–H and O–H groups in total. The van der Waals surface area contributed by atoms with E-state index in [1.54, 1.807) is 0 Å². The molecule has 0 atom stereocenters. The summed E-state index contributed by atoms with van der Waals surface area (Å²) in [6, 6.07) is 35.2. The molecule has 0 amide bonds. The lowest BCUT2D eigenvalue weighted by atomic mass is 10.3. The molecule has 12 heteroatoms. The molecule has 0 aromatic heterocycles. The Morgan fingerprint density at radius 3 is 0.479 bits per heavy atom. The summed E-state index contributed by atoms with van der Waals surface area (Å²) in [7, 11) is -11.6. The van der Waals surface area contributed by atoms with Crippen LogP contribution in [0.4, 0.5) is 0 Å². The fourth-order valence-electron chi connectivity index (χ4n) is 4.94. The summed E-state index contributed by atoms with van der Waals surface area (Å²) in [6.45, 7) is 0. The number of hydrogen-bond acceptors (Lipinski definition) is 9. The average Bonchev–Trinajstić information content (AvgIpc) is 3.09. The van der Waals surface area contributed by atoms with E-state index in [9.17, 15) is 25.3 Å². The van der Waals surface area contributed by atoms with Crippen LogP contribution in [0.1, 0.15) is 0 Å². The Hall–Kier alpha value is -5.43. The zero-order valence-electron chi connectivity index (χ0n) is 24.8. The third-order valence-electron chi connectivity index (χ3n) is 7.51. The Balaban J connectivity index is 1.24. The highest BCUT2D eigenvalue weighted by atomic mass is 32.2. The van der Waals surface area contributed by atoms with Crippen molar-refractivity contribution in [3.8, 4) is 34.5 Å². The van der Waals surface area contributed by atoms with Gasteiger partial charge in [-0.1, -0.05) is 0 Å². The van der Waals surface area contributed by atoms with Crippen molar-refractivity contribution in [3.05, 3.63) is 146 Å². The van der Waals surface area contributed by atoms with E-state index in [2.05, 4.69) is 0 Å². The second-order valence-corrected chi connectivity index (χ2v) is 16.5. The molecule has 16 rings (SSSR count). The zero-order valence-corrected chi connectivity index (χ0v) is 27.2. The summed E-state index contributed by atoms with van der Waals surface area (Å²) in [5.74, 6) is 2.15. The monoisotopic (exact) mass is 696 g/mol. The Morgan fingerprint density at radius 2 is 0.354 bits per heavy atom. The Labute approximate surface area is 277 Å². The molecule has 12 bridgehead atoms. The molecule has 0 radical (unpaired) electrons. The molecule has 10 aliphatic heterocycles. The number of benzene rings is 6. The molecule has 0 unspecified atom stereocenters. The van der Waals surface area contributed by atoms with Crippen molar-refractivity contribution < 1.29 is 39.5 Å². The predicted octanol–water partition coefficient (Wildman–Crippen LogP) is 7.88. The minimum absolute atomic E-state index is 0.0486. The molecule has 0 aliphatic carbocycles. The third kappa shape index (κ3) is 6.04. The van der Waals surface area contributed by atoms with Gasteiger partial charge in [0, 0.05) is 0 Å². The minimum atomic E-state index is -3.87. The van der Waals surface area contributed by atoms with Crippen molar-refractivity contribution in [1.82, 2.24) is 0 Å². The van der Waals surface area contributed by atoms with Crippen LogP contribution in [0.15, 0.2) is 175 Å². The van der Waals surface area contributed by atoms with Crippen LogP contribution in [0, 0.1) is 0 Å².